The molecular weight excluding hydrogens is 278 g/mol. The Balaban J connectivity index is 2.06. The zero-order valence-electron chi connectivity index (χ0n) is 10.7. The van der Waals surface area contributed by atoms with E-state index in [2.05, 4.69) is 35.0 Å². The van der Waals surface area contributed by atoms with Gasteiger partial charge in [0.25, 0.3) is 0 Å². The Kier molecular flexibility index (Phi) is 5.15. The lowest BCUT2D eigenvalue weighted by Crippen LogP contribution is -2.16. The molecule has 19 heavy (non-hydrogen) atoms. The zero-order valence-corrected chi connectivity index (χ0v) is 12.5. The van der Waals surface area contributed by atoms with E-state index in [-0.39, 0.29) is 5.69 Å². The van der Waals surface area contributed by atoms with E-state index in [9.17, 15) is 4.79 Å². The molecule has 0 aliphatic carbocycles. The molecule has 4 nitrogen and oxygen atoms in total. The number of hydrogen-bond acceptors (Lipinski definition) is 4. The van der Waals surface area contributed by atoms with Gasteiger partial charge in [0, 0.05) is 18.2 Å². The summed E-state index contributed by atoms with van der Waals surface area (Å²) >= 11 is 6.01. The first-order valence-corrected chi connectivity index (χ1v) is 7.81. The lowest BCUT2D eigenvalue weighted by molar-refractivity contribution is 0.659. The third-order valence-corrected chi connectivity index (χ3v) is 4.52. The van der Waals surface area contributed by atoms with Crippen molar-refractivity contribution in [2.75, 3.05) is 11.5 Å². The second kappa shape index (κ2) is 6.86. The van der Waals surface area contributed by atoms with E-state index in [0.29, 0.717) is 12.5 Å². The Bertz CT molecular complexity index is 565. The first-order valence-electron chi connectivity index (χ1n) is 6.20. The molecule has 0 bridgehead atoms. The fraction of sp³-hybridized carbons (Fsp3) is 0.385. The first kappa shape index (κ1) is 14.3. The molecule has 2 rings (SSSR count). The van der Waals surface area contributed by atoms with E-state index < -0.39 is 0 Å². The van der Waals surface area contributed by atoms with Gasteiger partial charge in [0.05, 0.1) is 0 Å². The second-order valence-corrected chi connectivity index (χ2v) is 5.51. The maximum Gasteiger partial charge on any atom is 0.343 e. The van der Waals surface area contributed by atoms with Gasteiger partial charge in [-0.25, -0.2) is 9.89 Å². The Morgan fingerprint density at radius 3 is 2.79 bits per heavy atom. The van der Waals surface area contributed by atoms with Crippen LogP contribution in [-0.4, -0.2) is 26.3 Å². The van der Waals surface area contributed by atoms with Crippen molar-refractivity contribution in [3.05, 3.63) is 46.4 Å². The van der Waals surface area contributed by atoms with E-state index in [4.69, 9.17) is 0 Å². The highest BCUT2D eigenvalue weighted by Crippen LogP contribution is 2.25. The van der Waals surface area contributed by atoms with Gasteiger partial charge in [0.15, 0.2) is 5.16 Å². The fourth-order valence-corrected chi connectivity index (χ4v) is 3.50. The van der Waals surface area contributed by atoms with Gasteiger partial charge < -0.3 is 0 Å². The molecule has 0 aliphatic heterocycles. The van der Waals surface area contributed by atoms with Gasteiger partial charge in [0.1, 0.15) is 0 Å². The number of nitrogens with one attached hydrogen (secondary N) is 1. The Morgan fingerprint density at radius 2 is 2.16 bits per heavy atom. The minimum Gasteiger partial charge on any atom is -0.270 e. The van der Waals surface area contributed by atoms with E-state index in [1.165, 1.54) is 5.56 Å². The van der Waals surface area contributed by atoms with Crippen molar-refractivity contribution in [2.45, 2.75) is 24.5 Å². The molecule has 2 aromatic rings. The second-order valence-electron chi connectivity index (χ2n) is 4.16. The SMILES string of the molecule is CCn1c(SCC(CS)c2ccccc2)n[nH]c1=O. The molecule has 102 valence electrons. The molecule has 0 fully saturated rings. The maximum absolute atomic E-state index is 11.5. The summed E-state index contributed by atoms with van der Waals surface area (Å²) in [6, 6.07) is 10.3. The van der Waals surface area contributed by atoms with Crippen LogP contribution in [-0.2, 0) is 6.54 Å². The zero-order chi connectivity index (χ0) is 13.7. The Morgan fingerprint density at radius 1 is 1.42 bits per heavy atom. The van der Waals surface area contributed by atoms with Crippen molar-refractivity contribution < 1.29 is 0 Å². The van der Waals surface area contributed by atoms with E-state index in [1.807, 2.05) is 25.1 Å². The molecule has 0 saturated carbocycles. The average Bonchev–Trinajstić information content (AvgIpc) is 2.81. The summed E-state index contributed by atoms with van der Waals surface area (Å²) in [6.45, 7) is 2.57. The molecule has 0 aliphatic rings. The molecule has 1 aromatic heterocycles. The number of hydrogen-bond donors (Lipinski definition) is 2. The maximum atomic E-state index is 11.5. The van der Waals surface area contributed by atoms with Crippen molar-refractivity contribution >= 4 is 24.4 Å². The van der Waals surface area contributed by atoms with Gasteiger partial charge in [-0.1, -0.05) is 42.1 Å². The van der Waals surface area contributed by atoms with Crippen LogP contribution in [0.15, 0.2) is 40.3 Å². The molecular formula is C13H17N3OS2. The Hall–Kier alpha value is -1.14. The van der Waals surface area contributed by atoms with Crippen LogP contribution < -0.4 is 5.69 Å². The minimum atomic E-state index is -0.146. The smallest absolute Gasteiger partial charge is 0.270 e. The standard InChI is InChI=1S/C13H17N3OS2/c1-2-16-12(17)14-15-13(16)19-9-11(8-18)10-6-4-3-5-7-10/h3-7,11,18H,2,8-9H2,1H3,(H,14,17). The lowest BCUT2D eigenvalue weighted by Gasteiger charge is -2.14. The molecule has 6 heteroatoms. The third kappa shape index (κ3) is 3.45. The normalized spacial score (nSPS) is 12.5. The van der Waals surface area contributed by atoms with E-state index in [0.717, 1.165) is 16.7 Å². The number of benzene rings is 1. The molecule has 1 heterocycles. The molecule has 0 amide bonds. The summed E-state index contributed by atoms with van der Waals surface area (Å²) in [6.07, 6.45) is 0. The minimum absolute atomic E-state index is 0.146. The van der Waals surface area contributed by atoms with Crippen LogP contribution in [0, 0.1) is 0 Å². The average molecular weight is 295 g/mol. The summed E-state index contributed by atoms with van der Waals surface area (Å²) in [5.74, 6) is 1.99. The van der Waals surface area contributed by atoms with Gasteiger partial charge >= 0.3 is 5.69 Å². The van der Waals surface area contributed by atoms with Crippen molar-refractivity contribution in [2.24, 2.45) is 0 Å². The summed E-state index contributed by atoms with van der Waals surface area (Å²) in [4.78, 5) is 11.5. The molecule has 0 spiro atoms. The monoisotopic (exact) mass is 295 g/mol. The van der Waals surface area contributed by atoms with Crippen molar-refractivity contribution in [3.63, 3.8) is 0 Å². The van der Waals surface area contributed by atoms with Crippen molar-refractivity contribution in [1.82, 2.24) is 14.8 Å². The summed E-state index contributed by atoms with van der Waals surface area (Å²) in [7, 11) is 0. The number of aromatic nitrogens is 3. The highest BCUT2D eigenvalue weighted by atomic mass is 32.2. The van der Waals surface area contributed by atoms with Crippen LogP contribution >= 0.6 is 24.4 Å². The van der Waals surface area contributed by atoms with Crippen molar-refractivity contribution in [3.8, 4) is 0 Å². The van der Waals surface area contributed by atoms with Gasteiger partial charge in [-0.05, 0) is 18.2 Å². The van der Waals surface area contributed by atoms with E-state index in [1.54, 1.807) is 16.3 Å². The van der Waals surface area contributed by atoms with Crippen LogP contribution in [0.1, 0.15) is 18.4 Å². The quantitative estimate of drug-likeness (QED) is 0.635. The number of H-pyrrole nitrogens is 1. The van der Waals surface area contributed by atoms with Gasteiger partial charge in [-0.3, -0.25) is 4.57 Å². The van der Waals surface area contributed by atoms with Crippen LogP contribution in [0.2, 0.25) is 0 Å². The number of rotatable bonds is 6. The highest BCUT2D eigenvalue weighted by Gasteiger charge is 2.13. The van der Waals surface area contributed by atoms with Crippen LogP contribution in [0.4, 0.5) is 0 Å². The largest absolute Gasteiger partial charge is 0.343 e. The molecule has 1 aromatic carbocycles. The molecule has 0 saturated heterocycles. The highest BCUT2D eigenvalue weighted by molar-refractivity contribution is 7.99. The van der Waals surface area contributed by atoms with Gasteiger partial charge in [-0.15, -0.1) is 5.10 Å². The fourth-order valence-electron chi connectivity index (χ4n) is 1.85. The van der Waals surface area contributed by atoms with E-state index >= 15 is 0 Å². The summed E-state index contributed by atoms with van der Waals surface area (Å²) in [5.41, 5.74) is 1.12. The number of thioether (sulfide) groups is 1. The molecule has 1 unspecified atom stereocenters. The van der Waals surface area contributed by atoms with Crippen LogP contribution in [0.3, 0.4) is 0 Å². The predicted molar refractivity (Wildman–Crippen MR) is 82.3 cm³/mol. The first-order chi connectivity index (χ1) is 9.26. The lowest BCUT2D eigenvalue weighted by atomic mass is 10.0. The third-order valence-electron chi connectivity index (χ3n) is 2.94. The Labute approximate surface area is 122 Å². The topological polar surface area (TPSA) is 50.7 Å². The predicted octanol–water partition coefficient (Wildman–Crippen LogP) is 2.40. The summed E-state index contributed by atoms with van der Waals surface area (Å²) < 4.78 is 1.64. The van der Waals surface area contributed by atoms with Crippen molar-refractivity contribution in [1.29, 1.82) is 0 Å². The number of thiol groups is 1. The molecule has 1 N–H and O–H groups in total. The number of nitrogens with zero attached hydrogens (tertiary/aromatic N) is 2. The van der Waals surface area contributed by atoms with Gasteiger partial charge in [0.2, 0.25) is 0 Å². The van der Waals surface area contributed by atoms with Crippen LogP contribution in [0.5, 0.6) is 0 Å². The van der Waals surface area contributed by atoms with Gasteiger partial charge in [-0.2, -0.15) is 12.6 Å². The van der Waals surface area contributed by atoms with Crippen LogP contribution in [0.25, 0.3) is 0 Å². The summed E-state index contributed by atoms with van der Waals surface area (Å²) in [5, 5.41) is 7.28. The molecule has 1 atom stereocenters. The molecule has 0 radical (unpaired) electrons. The number of aromatic amines is 1.